The van der Waals surface area contributed by atoms with E-state index >= 15 is 0 Å². The van der Waals surface area contributed by atoms with E-state index in [4.69, 9.17) is 11.6 Å². The summed E-state index contributed by atoms with van der Waals surface area (Å²) in [5, 5.41) is 3.74. The van der Waals surface area contributed by atoms with E-state index in [9.17, 15) is 4.79 Å². The molecule has 1 amide bonds. The van der Waals surface area contributed by atoms with E-state index in [0.717, 1.165) is 38.3 Å². The maximum atomic E-state index is 12.5. The van der Waals surface area contributed by atoms with Gasteiger partial charge in [-0.3, -0.25) is 4.79 Å². The van der Waals surface area contributed by atoms with Gasteiger partial charge in [-0.05, 0) is 18.6 Å². The molecule has 3 N–H and O–H groups in total. The highest BCUT2D eigenvalue weighted by Gasteiger charge is 2.30. The molecule has 0 radical (unpaired) electrons. The molecule has 2 aromatic carbocycles. The second-order valence-electron chi connectivity index (χ2n) is 7.10. The molecule has 1 saturated heterocycles. The summed E-state index contributed by atoms with van der Waals surface area (Å²) in [7, 11) is 0. The van der Waals surface area contributed by atoms with Gasteiger partial charge in [-0.1, -0.05) is 60.1 Å². The third-order valence-electron chi connectivity index (χ3n) is 5.31. The maximum Gasteiger partial charge on any atom is 0.278 e. The summed E-state index contributed by atoms with van der Waals surface area (Å²) in [5.74, 6) is 0.103. The molecule has 1 heterocycles. The topological polar surface area (TPSA) is 38.0 Å². The molecule has 1 atom stereocenters. The minimum atomic E-state index is -0.0317. The van der Waals surface area contributed by atoms with Gasteiger partial charge in [-0.25, -0.2) is 0 Å². The normalized spacial score (nSPS) is 21.2. The molecule has 138 valence electrons. The average Bonchev–Trinajstić information content (AvgIpc) is 2.68. The fraction of sp³-hybridized carbons (Fsp3) is 0.381. The molecule has 1 aliphatic rings. The van der Waals surface area contributed by atoms with Gasteiger partial charge in [0.2, 0.25) is 0 Å². The number of benzene rings is 2. The molecule has 3 rings (SSSR count). The second-order valence-corrected chi connectivity index (χ2v) is 7.51. The summed E-state index contributed by atoms with van der Waals surface area (Å²) in [6.45, 7) is 7.85. The van der Waals surface area contributed by atoms with Gasteiger partial charge in [-0.15, -0.1) is 0 Å². The number of carbonyl (C=O) groups excluding carboxylic acids is 1. The first-order chi connectivity index (χ1) is 12.6. The van der Waals surface area contributed by atoms with Crippen LogP contribution in [0.15, 0.2) is 54.6 Å². The monoisotopic (exact) mass is 373 g/mol. The first-order valence-corrected chi connectivity index (χ1v) is 9.74. The van der Waals surface area contributed by atoms with Crippen LogP contribution < -0.4 is 15.1 Å². The lowest BCUT2D eigenvalue weighted by molar-refractivity contribution is -1.02. The van der Waals surface area contributed by atoms with Crippen LogP contribution in [0, 0.1) is 0 Å². The number of hydrogen-bond acceptors (Lipinski definition) is 1. The molecule has 0 aromatic heterocycles. The summed E-state index contributed by atoms with van der Waals surface area (Å²) in [6.07, 6.45) is 0. The number of quaternary nitrogens is 2. The number of rotatable bonds is 6. The summed E-state index contributed by atoms with van der Waals surface area (Å²) < 4.78 is 0. The highest BCUT2D eigenvalue weighted by Crippen LogP contribution is 2.14. The highest BCUT2D eigenvalue weighted by molar-refractivity contribution is 6.31. The Kier molecular flexibility index (Phi) is 6.67. The average molecular weight is 374 g/mol. The predicted octanol–water partition coefficient (Wildman–Crippen LogP) is 0.328. The van der Waals surface area contributed by atoms with E-state index in [-0.39, 0.29) is 11.9 Å². The Labute approximate surface area is 160 Å². The Morgan fingerprint density at radius 3 is 2.38 bits per heavy atom. The lowest BCUT2D eigenvalue weighted by Crippen LogP contribution is -3.29. The van der Waals surface area contributed by atoms with Crippen LogP contribution in [0.25, 0.3) is 0 Å². The first kappa shape index (κ1) is 18.9. The van der Waals surface area contributed by atoms with Crippen molar-refractivity contribution in [3.8, 4) is 0 Å². The summed E-state index contributed by atoms with van der Waals surface area (Å²) in [6, 6.07) is 18.3. The molecule has 5 heteroatoms. The van der Waals surface area contributed by atoms with Crippen molar-refractivity contribution in [2.75, 3.05) is 26.2 Å². The molecule has 26 heavy (non-hydrogen) atoms. The SMILES string of the molecule is C[C@H](C(=O)NCc1ccccc1Cl)[NH+]1CC[NH+](Cc2ccccc2)CC1. The van der Waals surface area contributed by atoms with Crippen molar-refractivity contribution in [2.24, 2.45) is 0 Å². The number of piperazine rings is 1. The van der Waals surface area contributed by atoms with Crippen molar-refractivity contribution >= 4 is 17.5 Å². The minimum absolute atomic E-state index is 0.0317. The Hall–Kier alpha value is -1.88. The zero-order chi connectivity index (χ0) is 18.4. The van der Waals surface area contributed by atoms with E-state index in [1.165, 1.54) is 10.5 Å². The molecule has 0 aliphatic carbocycles. The summed E-state index contributed by atoms with van der Waals surface area (Å²) in [5.41, 5.74) is 2.35. The molecule has 0 unspecified atom stereocenters. The van der Waals surface area contributed by atoms with E-state index in [1.807, 2.05) is 31.2 Å². The van der Waals surface area contributed by atoms with E-state index in [1.54, 1.807) is 4.90 Å². The van der Waals surface area contributed by atoms with Crippen LogP contribution in [0.1, 0.15) is 18.1 Å². The number of carbonyl (C=O) groups is 1. The van der Waals surface area contributed by atoms with Crippen LogP contribution in [-0.4, -0.2) is 38.1 Å². The van der Waals surface area contributed by atoms with Crippen molar-refractivity contribution in [2.45, 2.75) is 26.1 Å². The Bertz CT molecular complexity index is 714. The van der Waals surface area contributed by atoms with E-state index < -0.39 is 0 Å². The third-order valence-corrected chi connectivity index (χ3v) is 5.68. The number of nitrogens with one attached hydrogen (secondary N) is 3. The quantitative estimate of drug-likeness (QED) is 0.670. The Balaban J connectivity index is 1.44. The van der Waals surface area contributed by atoms with Crippen LogP contribution in [-0.2, 0) is 17.9 Å². The van der Waals surface area contributed by atoms with Crippen LogP contribution in [0.4, 0.5) is 0 Å². The lowest BCUT2D eigenvalue weighted by Gasteiger charge is -2.32. The van der Waals surface area contributed by atoms with Crippen molar-refractivity contribution in [3.63, 3.8) is 0 Å². The van der Waals surface area contributed by atoms with Gasteiger partial charge in [0.25, 0.3) is 5.91 Å². The molecule has 0 bridgehead atoms. The van der Waals surface area contributed by atoms with Gasteiger partial charge in [0.1, 0.15) is 32.7 Å². The van der Waals surface area contributed by atoms with Gasteiger partial charge in [0, 0.05) is 17.1 Å². The van der Waals surface area contributed by atoms with Gasteiger partial charge in [0.15, 0.2) is 6.04 Å². The maximum absolute atomic E-state index is 12.5. The van der Waals surface area contributed by atoms with Crippen LogP contribution in [0.5, 0.6) is 0 Å². The lowest BCUT2D eigenvalue weighted by atomic mass is 10.1. The predicted molar refractivity (Wildman–Crippen MR) is 104 cm³/mol. The Morgan fingerprint density at radius 2 is 1.69 bits per heavy atom. The largest absolute Gasteiger partial charge is 0.347 e. The fourth-order valence-electron chi connectivity index (χ4n) is 3.58. The zero-order valence-corrected chi connectivity index (χ0v) is 16.1. The first-order valence-electron chi connectivity index (χ1n) is 9.36. The van der Waals surface area contributed by atoms with Crippen LogP contribution >= 0.6 is 11.6 Å². The molecule has 1 fully saturated rings. The van der Waals surface area contributed by atoms with E-state index in [2.05, 4.69) is 35.6 Å². The van der Waals surface area contributed by atoms with Crippen molar-refractivity contribution in [1.29, 1.82) is 0 Å². The standard InChI is InChI=1S/C21H26ClN3O/c1-17(21(26)23-15-19-9-5-6-10-20(19)22)25-13-11-24(12-14-25)16-18-7-3-2-4-8-18/h2-10,17H,11-16H2,1H3,(H,23,26)/p+2/t17-/m1/s1. The number of amides is 1. The molecule has 4 nitrogen and oxygen atoms in total. The summed E-state index contributed by atoms with van der Waals surface area (Å²) >= 11 is 6.16. The molecular weight excluding hydrogens is 346 g/mol. The van der Waals surface area contributed by atoms with Gasteiger partial charge in [-0.2, -0.15) is 0 Å². The van der Waals surface area contributed by atoms with Gasteiger partial charge < -0.3 is 15.1 Å². The Morgan fingerprint density at radius 1 is 1.04 bits per heavy atom. The molecule has 0 saturated carbocycles. The van der Waals surface area contributed by atoms with Crippen LogP contribution in [0.2, 0.25) is 5.02 Å². The second kappa shape index (κ2) is 9.17. The van der Waals surface area contributed by atoms with Crippen LogP contribution in [0.3, 0.4) is 0 Å². The smallest absolute Gasteiger partial charge is 0.278 e. The van der Waals surface area contributed by atoms with Gasteiger partial charge >= 0.3 is 0 Å². The molecule has 1 aliphatic heterocycles. The van der Waals surface area contributed by atoms with E-state index in [0.29, 0.717) is 11.6 Å². The minimum Gasteiger partial charge on any atom is -0.347 e. The number of hydrogen-bond donors (Lipinski definition) is 3. The molecule has 2 aromatic rings. The van der Waals surface area contributed by atoms with Crippen molar-refractivity contribution < 1.29 is 14.6 Å². The zero-order valence-electron chi connectivity index (χ0n) is 15.3. The summed E-state index contributed by atoms with van der Waals surface area (Å²) in [4.78, 5) is 15.5. The van der Waals surface area contributed by atoms with Crippen molar-refractivity contribution in [1.82, 2.24) is 5.32 Å². The fourth-order valence-corrected chi connectivity index (χ4v) is 3.78. The van der Waals surface area contributed by atoms with Crippen molar-refractivity contribution in [3.05, 3.63) is 70.7 Å². The highest BCUT2D eigenvalue weighted by atomic mass is 35.5. The number of halogens is 1. The van der Waals surface area contributed by atoms with Gasteiger partial charge in [0.05, 0.1) is 0 Å². The third kappa shape index (κ3) is 5.07. The molecule has 0 spiro atoms. The molecular formula is C21H28ClN3O+2.